The average molecular weight is 194 g/mol. The van der Waals surface area contributed by atoms with Gasteiger partial charge in [0.15, 0.2) is 0 Å². The van der Waals surface area contributed by atoms with Gasteiger partial charge in [-0.1, -0.05) is 11.6 Å². The van der Waals surface area contributed by atoms with Crippen molar-refractivity contribution in [1.29, 1.82) is 0 Å². The molecule has 0 aliphatic rings. The lowest BCUT2D eigenvalue weighted by molar-refractivity contribution is 0.0663. The second kappa shape index (κ2) is 3.23. The van der Waals surface area contributed by atoms with Crippen molar-refractivity contribution >= 4 is 11.6 Å². The minimum atomic E-state index is -2.84. The van der Waals surface area contributed by atoms with Gasteiger partial charge in [-0.2, -0.15) is 8.78 Å². The molecule has 0 saturated carbocycles. The Morgan fingerprint density at radius 1 is 1.58 bits per heavy atom. The highest BCUT2D eigenvalue weighted by molar-refractivity contribution is 6.31. The zero-order valence-electron chi connectivity index (χ0n) is 6.22. The van der Waals surface area contributed by atoms with E-state index in [0.29, 0.717) is 5.56 Å². The van der Waals surface area contributed by atoms with E-state index in [1.165, 1.54) is 0 Å². The summed E-state index contributed by atoms with van der Waals surface area (Å²) in [6.45, 7) is -1.25. The van der Waals surface area contributed by atoms with Gasteiger partial charge in [-0.3, -0.25) is 9.36 Å². The summed E-state index contributed by atoms with van der Waals surface area (Å²) < 4.78 is 24.4. The highest BCUT2D eigenvalue weighted by Gasteiger charge is 2.08. The summed E-state index contributed by atoms with van der Waals surface area (Å²) >= 11 is 5.54. The predicted molar refractivity (Wildman–Crippen MR) is 41.7 cm³/mol. The molecule has 1 aromatic heterocycles. The molecular formula is C7H6ClF2NO. The van der Waals surface area contributed by atoms with Gasteiger partial charge in [-0.05, 0) is 12.5 Å². The molecule has 2 nitrogen and oxygen atoms in total. The van der Waals surface area contributed by atoms with Crippen LogP contribution < -0.4 is 5.56 Å². The standard InChI is InChI=1S/C7H6ClF2NO/c1-4-2-6(12)11(7(9)10)3-5(4)8/h2-3,7H,1H3. The highest BCUT2D eigenvalue weighted by Crippen LogP contribution is 2.14. The van der Waals surface area contributed by atoms with Crippen LogP contribution in [-0.4, -0.2) is 4.57 Å². The van der Waals surface area contributed by atoms with Crippen LogP contribution in [0.25, 0.3) is 0 Å². The van der Waals surface area contributed by atoms with Crippen LogP contribution in [0.15, 0.2) is 17.1 Å². The normalized spacial score (nSPS) is 10.8. The Bertz CT molecular complexity index is 348. The van der Waals surface area contributed by atoms with Crippen molar-refractivity contribution in [3.05, 3.63) is 33.2 Å². The lowest BCUT2D eigenvalue weighted by Crippen LogP contribution is -2.19. The van der Waals surface area contributed by atoms with Crippen molar-refractivity contribution in [2.75, 3.05) is 0 Å². The highest BCUT2D eigenvalue weighted by atomic mass is 35.5. The molecule has 0 spiro atoms. The molecule has 0 N–H and O–H groups in total. The maximum Gasteiger partial charge on any atom is 0.321 e. The molecule has 0 aromatic carbocycles. The van der Waals surface area contributed by atoms with Crippen molar-refractivity contribution in [2.45, 2.75) is 13.5 Å². The molecule has 0 bridgehead atoms. The van der Waals surface area contributed by atoms with Gasteiger partial charge >= 0.3 is 6.55 Å². The average Bonchev–Trinajstić information content (AvgIpc) is 1.96. The molecule has 0 aliphatic carbocycles. The van der Waals surface area contributed by atoms with Crippen molar-refractivity contribution in [3.8, 4) is 0 Å². The van der Waals surface area contributed by atoms with Crippen molar-refractivity contribution < 1.29 is 8.78 Å². The first-order valence-electron chi connectivity index (χ1n) is 3.19. The zero-order valence-corrected chi connectivity index (χ0v) is 6.98. The Hall–Kier alpha value is -0.900. The molecule has 1 heterocycles. The molecule has 0 aliphatic heterocycles. The van der Waals surface area contributed by atoms with Gasteiger partial charge < -0.3 is 0 Å². The fraction of sp³-hybridized carbons (Fsp3) is 0.286. The van der Waals surface area contributed by atoms with Gasteiger partial charge in [0, 0.05) is 12.3 Å². The number of rotatable bonds is 1. The number of aryl methyl sites for hydroxylation is 1. The third-order valence-electron chi connectivity index (χ3n) is 1.43. The number of aromatic nitrogens is 1. The van der Waals surface area contributed by atoms with Crippen LogP contribution >= 0.6 is 11.6 Å². The van der Waals surface area contributed by atoms with Gasteiger partial charge in [0.05, 0.1) is 5.02 Å². The quantitative estimate of drug-likeness (QED) is 0.670. The Kier molecular flexibility index (Phi) is 2.47. The van der Waals surface area contributed by atoms with Crippen LogP contribution in [0.4, 0.5) is 8.78 Å². The van der Waals surface area contributed by atoms with Crippen molar-refractivity contribution in [2.24, 2.45) is 0 Å². The molecule has 1 aromatic rings. The predicted octanol–water partition coefficient (Wildman–Crippen LogP) is 2.21. The van der Waals surface area contributed by atoms with Crippen LogP contribution in [0.2, 0.25) is 5.02 Å². The van der Waals surface area contributed by atoms with Gasteiger partial charge in [0.1, 0.15) is 0 Å². The Morgan fingerprint density at radius 3 is 2.67 bits per heavy atom. The van der Waals surface area contributed by atoms with Gasteiger partial charge in [0.2, 0.25) is 0 Å². The first-order valence-corrected chi connectivity index (χ1v) is 3.56. The van der Waals surface area contributed by atoms with Gasteiger partial charge in [-0.25, -0.2) is 0 Å². The van der Waals surface area contributed by atoms with Crippen LogP contribution in [0.3, 0.4) is 0 Å². The first-order chi connectivity index (χ1) is 5.52. The Labute approximate surface area is 72.4 Å². The smallest absolute Gasteiger partial charge is 0.269 e. The van der Waals surface area contributed by atoms with E-state index >= 15 is 0 Å². The van der Waals surface area contributed by atoms with E-state index in [2.05, 4.69) is 0 Å². The summed E-state index contributed by atoms with van der Waals surface area (Å²) in [5.41, 5.74) is -0.245. The summed E-state index contributed by atoms with van der Waals surface area (Å²) in [5, 5.41) is 0.162. The molecule has 5 heteroatoms. The minimum Gasteiger partial charge on any atom is -0.269 e. The fourth-order valence-electron chi connectivity index (χ4n) is 0.769. The molecule has 0 radical (unpaired) electrons. The second-order valence-electron chi connectivity index (χ2n) is 2.33. The van der Waals surface area contributed by atoms with Crippen LogP contribution in [-0.2, 0) is 0 Å². The molecular weight excluding hydrogens is 188 g/mol. The summed E-state index contributed by atoms with van der Waals surface area (Å²) in [6.07, 6.45) is 0.934. The van der Waals surface area contributed by atoms with Crippen LogP contribution in [0.1, 0.15) is 12.1 Å². The van der Waals surface area contributed by atoms with E-state index in [9.17, 15) is 13.6 Å². The first kappa shape index (κ1) is 9.19. The molecule has 0 unspecified atom stereocenters. The molecule has 0 amide bonds. The van der Waals surface area contributed by atoms with Crippen LogP contribution in [0, 0.1) is 6.92 Å². The zero-order chi connectivity index (χ0) is 9.30. The fourth-order valence-corrected chi connectivity index (χ4v) is 0.928. The molecule has 0 fully saturated rings. The summed E-state index contributed by atoms with van der Waals surface area (Å²) in [7, 11) is 0. The largest absolute Gasteiger partial charge is 0.321 e. The Balaban J connectivity index is 3.33. The third-order valence-corrected chi connectivity index (χ3v) is 1.83. The van der Waals surface area contributed by atoms with Crippen molar-refractivity contribution in [1.82, 2.24) is 4.57 Å². The number of hydrogen-bond donors (Lipinski definition) is 0. The van der Waals surface area contributed by atoms with E-state index in [-0.39, 0.29) is 9.59 Å². The number of pyridine rings is 1. The minimum absolute atomic E-state index is 0.162. The van der Waals surface area contributed by atoms with E-state index in [1.807, 2.05) is 0 Å². The monoisotopic (exact) mass is 193 g/mol. The van der Waals surface area contributed by atoms with E-state index in [1.54, 1.807) is 6.92 Å². The molecule has 1 rings (SSSR count). The maximum atomic E-state index is 12.0. The lowest BCUT2D eigenvalue weighted by atomic mass is 10.3. The maximum absolute atomic E-state index is 12.0. The molecule has 66 valence electrons. The SMILES string of the molecule is Cc1cc(=O)n(C(F)F)cc1Cl. The van der Waals surface area contributed by atoms with Gasteiger partial charge in [-0.15, -0.1) is 0 Å². The summed E-state index contributed by atoms with van der Waals surface area (Å²) in [5.74, 6) is 0. The number of nitrogens with zero attached hydrogens (tertiary/aromatic N) is 1. The third kappa shape index (κ3) is 1.64. The summed E-state index contributed by atoms with van der Waals surface area (Å²) in [4.78, 5) is 10.9. The van der Waals surface area contributed by atoms with Gasteiger partial charge in [0.25, 0.3) is 5.56 Å². The summed E-state index contributed by atoms with van der Waals surface area (Å²) in [6, 6.07) is 1.08. The van der Waals surface area contributed by atoms with E-state index in [0.717, 1.165) is 12.3 Å². The van der Waals surface area contributed by atoms with E-state index < -0.39 is 12.1 Å². The Morgan fingerprint density at radius 2 is 2.17 bits per heavy atom. The molecule has 0 atom stereocenters. The molecule has 12 heavy (non-hydrogen) atoms. The second-order valence-corrected chi connectivity index (χ2v) is 2.73. The number of halogens is 3. The van der Waals surface area contributed by atoms with Crippen LogP contribution in [0.5, 0.6) is 0 Å². The van der Waals surface area contributed by atoms with Crippen molar-refractivity contribution in [3.63, 3.8) is 0 Å². The lowest BCUT2D eigenvalue weighted by Gasteiger charge is -2.04. The van der Waals surface area contributed by atoms with E-state index in [4.69, 9.17) is 11.6 Å². The molecule has 0 saturated heterocycles. The topological polar surface area (TPSA) is 22.0 Å². The number of hydrogen-bond acceptors (Lipinski definition) is 1. The number of alkyl halides is 2.